The average molecular weight is 442 g/mol. The molecule has 2 aliphatic rings. The second-order valence-corrected chi connectivity index (χ2v) is 9.71. The van der Waals surface area contributed by atoms with E-state index in [1.807, 2.05) is 16.7 Å². The van der Waals surface area contributed by atoms with Gasteiger partial charge in [0.25, 0.3) is 0 Å². The van der Waals surface area contributed by atoms with E-state index in [0.717, 1.165) is 41.7 Å². The fourth-order valence-electron chi connectivity index (χ4n) is 4.05. The van der Waals surface area contributed by atoms with Gasteiger partial charge in [-0.25, -0.2) is 0 Å². The lowest BCUT2D eigenvalue weighted by atomic mass is 10.1. The minimum Gasteiger partial charge on any atom is -0.339 e. The van der Waals surface area contributed by atoms with Crippen molar-refractivity contribution in [2.24, 2.45) is 5.92 Å². The van der Waals surface area contributed by atoms with Gasteiger partial charge in [0.2, 0.25) is 11.8 Å². The smallest absolute Gasteiger partial charge is 0.226 e. The number of benzene rings is 1. The Balaban J connectivity index is 1.25. The number of amides is 2. The third-order valence-electron chi connectivity index (χ3n) is 6.04. The molecule has 1 saturated heterocycles. The van der Waals surface area contributed by atoms with Gasteiger partial charge in [0.1, 0.15) is 5.82 Å². The van der Waals surface area contributed by atoms with Crippen LogP contribution in [0.3, 0.4) is 0 Å². The second-order valence-electron chi connectivity index (χ2n) is 8.65. The van der Waals surface area contributed by atoms with Crippen molar-refractivity contribution in [3.63, 3.8) is 0 Å². The Morgan fingerprint density at radius 2 is 1.84 bits per heavy atom. The van der Waals surface area contributed by atoms with Crippen LogP contribution in [0.5, 0.6) is 0 Å². The fraction of sp³-hybridized carbons (Fsp3) is 0.565. The molecule has 1 saturated carbocycles. The van der Waals surface area contributed by atoms with E-state index in [9.17, 15) is 9.59 Å². The zero-order chi connectivity index (χ0) is 22.0. The summed E-state index contributed by atoms with van der Waals surface area (Å²) in [4.78, 5) is 28.9. The summed E-state index contributed by atoms with van der Waals surface area (Å²) in [5, 5.41) is 9.41. The van der Waals surface area contributed by atoms with Gasteiger partial charge in [-0.2, -0.15) is 0 Å². The van der Waals surface area contributed by atoms with Crippen molar-refractivity contribution in [3.8, 4) is 5.69 Å². The molecule has 1 aliphatic carbocycles. The molecule has 31 heavy (non-hydrogen) atoms. The lowest BCUT2D eigenvalue weighted by Gasteiger charge is -2.40. The molecular weight excluding hydrogens is 410 g/mol. The van der Waals surface area contributed by atoms with Crippen molar-refractivity contribution in [2.75, 3.05) is 25.4 Å². The van der Waals surface area contributed by atoms with Crippen LogP contribution < -0.4 is 0 Å². The van der Waals surface area contributed by atoms with Crippen LogP contribution in [0.4, 0.5) is 0 Å². The molecule has 0 bridgehead atoms. The lowest BCUT2D eigenvalue weighted by molar-refractivity contribution is -0.143. The Labute approximate surface area is 188 Å². The summed E-state index contributed by atoms with van der Waals surface area (Å²) in [7, 11) is 0. The Hall–Kier alpha value is -2.35. The van der Waals surface area contributed by atoms with Gasteiger partial charge in [0.05, 0.1) is 0 Å². The Kier molecular flexibility index (Phi) is 6.65. The predicted molar refractivity (Wildman–Crippen MR) is 121 cm³/mol. The van der Waals surface area contributed by atoms with E-state index in [1.54, 1.807) is 11.8 Å². The molecule has 2 amide bonds. The molecule has 4 rings (SSSR count). The number of carbonyl (C=O) groups is 2. The topological polar surface area (TPSA) is 71.3 Å². The fourth-order valence-corrected chi connectivity index (χ4v) is 4.99. The number of aryl methyl sites for hydroxylation is 2. The van der Waals surface area contributed by atoms with E-state index in [2.05, 4.69) is 52.9 Å². The van der Waals surface area contributed by atoms with E-state index in [4.69, 9.17) is 0 Å². The molecule has 1 aromatic carbocycles. The highest BCUT2D eigenvalue weighted by atomic mass is 32.2. The number of hydrogen-bond donors (Lipinski definition) is 0. The van der Waals surface area contributed by atoms with Gasteiger partial charge in [-0.3, -0.25) is 14.2 Å². The van der Waals surface area contributed by atoms with Crippen LogP contribution in [0.1, 0.15) is 44.0 Å². The van der Waals surface area contributed by atoms with Crippen LogP contribution in [-0.4, -0.2) is 67.8 Å². The standard InChI is InChI=1S/C23H31N5O2S/c1-16-6-10-20(11-7-16)28-18(3)24-25-23(28)31-14-4-5-21(29)26-12-13-27(17(2)15-26)22(30)19-8-9-19/h6-7,10-11,17,19H,4-5,8-9,12-15H2,1-3H3. The van der Waals surface area contributed by atoms with Gasteiger partial charge >= 0.3 is 0 Å². The Morgan fingerprint density at radius 1 is 1.10 bits per heavy atom. The summed E-state index contributed by atoms with van der Waals surface area (Å²) in [5.74, 6) is 2.37. The number of carbonyl (C=O) groups excluding carboxylic acids is 2. The molecule has 166 valence electrons. The highest BCUT2D eigenvalue weighted by molar-refractivity contribution is 7.99. The van der Waals surface area contributed by atoms with Gasteiger partial charge in [-0.15, -0.1) is 10.2 Å². The minimum atomic E-state index is 0.108. The SMILES string of the molecule is Cc1ccc(-n2c(C)nnc2SCCCC(=O)N2CCN(C(=O)C3CC3)C(C)C2)cc1. The molecule has 2 aromatic rings. The first-order valence-corrected chi connectivity index (χ1v) is 12.1. The van der Waals surface area contributed by atoms with Gasteiger partial charge in [0.15, 0.2) is 5.16 Å². The highest BCUT2D eigenvalue weighted by Gasteiger charge is 2.37. The molecule has 1 atom stereocenters. The number of thioether (sulfide) groups is 1. The van der Waals surface area contributed by atoms with Gasteiger partial charge in [-0.1, -0.05) is 29.5 Å². The van der Waals surface area contributed by atoms with Crippen molar-refractivity contribution < 1.29 is 9.59 Å². The van der Waals surface area contributed by atoms with Crippen molar-refractivity contribution in [2.45, 2.75) is 57.7 Å². The molecule has 8 heteroatoms. The molecule has 0 N–H and O–H groups in total. The number of piperazine rings is 1. The zero-order valence-electron chi connectivity index (χ0n) is 18.6. The maximum Gasteiger partial charge on any atom is 0.226 e. The van der Waals surface area contributed by atoms with E-state index in [-0.39, 0.29) is 23.8 Å². The normalized spacial score (nSPS) is 19.0. The molecule has 2 heterocycles. The largest absolute Gasteiger partial charge is 0.339 e. The first kappa shape index (κ1) is 21.9. The quantitative estimate of drug-likeness (QED) is 0.487. The lowest BCUT2D eigenvalue weighted by Crippen LogP contribution is -2.55. The van der Waals surface area contributed by atoms with E-state index in [0.29, 0.717) is 26.1 Å². The molecule has 1 aromatic heterocycles. The number of hydrogen-bond acceptors (Lipinski definition) is 5. The summed E-state index contributed by atoms with van der Waals surface area (Å²) in [6.07, 6.45) is 3.37. The molecule has 1 aliphatic heterocycles. The first-order chi connectivity index (χ1) is 14.9. The average Bonchev–Trinajstić information content (AvgIpc) is 3.55. The summed E-state index contributed by atoms with van der Waals surface area (Å²) in [6.45, 7) is 8.03. The van der Waals surface area contributed by atoms with Crippen LogP contribution in [0.15, 0.2) is 29.4 Å². The summed E-state index contributed by atoms with van der Waals surface area (Å²) in [5.41, 5.74) is 2.27. The Morgan fingerprint density at radius 3 is 2.52 bits per heavy atom. The molecule has 1 unspecified atom stereocenters. The van der Waals surface area contributed by atoms with Crippen LogP contribution in [0, 0.1) is 19.8 Å². The Bertz CT molecular complexity index is 938. The first-order valence-electron chi connectivity index (χ1n) is 11.1. The van der Waals surface area contributed by atoms with E-state index in [1.165, 1.54) is 5.56 Å². The van der Waals surface area contributed by atoms with Crippen LogP contribution in [-0.2, 0) is 9.59 Å². The zero-order valence-corrected chi connectivity index (χ0v) is 19.4. The van der Waals surface area contributed by atoms with Crippen molar-refractivity contribution >= 4 is 23.6 Å². The highest BCUT2D eigenvalue weighted by Crippen LogP contribution is 2.32. The van der Waals surface area contributed by atoms with Gasteiger partial charge < -0.3 is 9.80 Å². The van der Waals surface area contributed by atoms with Gasteiger partial charge in [-0.05, 0) is 52.2 Å². The monoisotopic (exact) mass is 441 g/mol. The summed E-state index contributed by atoms with van der Waals surface area (Å²) >= 11 is 1.64. The molecule has 7 nitrogen and oxygen atoms in total. The van der Waals surface area contributed by atoms with Crippen LogP contribution in [0.25, 0.3) is 5.69 Å². The molecular formula is C23H31N5O2S. The summed E-state index contributed by atoms with van der Waals surface area (Å²) < 4.78 is 2.06. The second kappa shape index (κ2) is 9.42. The summed E-state index contributed by atoms with van der Waals surface area (Å²) in [6, 6.07) is 8.43. The van der Waals surface area contributed by atoms with Crippen LogP contribution in [0.2, 0.25) is 0 Å². The third-order valence-corrected chi connectivity index (χ3v) is 7.06. The number of aromatic nitrogens is 3. The number of nitrogens with zero attached hydrogens (tertiary/aromatic N) is 5. The third kappa shape index (κ3) is 5.11. The van der Waals surface area contributed by atoms with E-state index < -0.39 is 0 Å². The molecule has 0 radical (unpaired) electrons. The number of rotatable bonds is 7. The van der Waals surface area contributed by atoms with Crippen LogP contribution >= 0.6 is 11.8 Å². The molecule has 0 spiro atoms. The minimum absolute atomic E-state index is 0.108. The van der Waals surface area contributed by atoms with Crippen molar-refractivity contribution in [1.82, 2.24) is 24.6 Å². The van der Waals surface area contributed by atoms with Gasteiger partial charge in [0, 0.05) is 49.5 Å². The van der Waals surface area contributed by atoms with Crippen molar-refractivity contribution in [1.29, 1.82) is 0 Å². The van der Waals surface area contributed by atoms with Crippen molar-refractivity contribution in [3.05, 3.63) is 35.7 Å². The molecule has 2 fully saturated rings. The predicted octanol–water partition coefficient (Wildman–Crippen LogP) is 3.23. The maximum atomic E-state index is 12.7. The van der Waals surface area contributed by atoms with E-state index >= 15 is 0 Å². The maximum absolute atomic E-state index is 12.7.